The largest absolute Gasteiger partial charge is 0.505 e. The predicted molar refractivity (Wildman–Crippen MR) is 65.7 cm³/mol. The molecule has 0 radical (unpaired) electrons. The molecule has 0 aliphatic carbocycles. The number of pyridine rings is 1. The summed E-state index contributed by atoms with van der Waals surface area (Å²) in [6.07, 6.45) is 2.73. The summed E-state index contributed by atoms with van der Waals surface area (Å²) in [5.74, 6) is -0.338. The standard InChI is InChI=1S/C12H14N4O3/c17-10-6-13-2-1-9(10)11(18)15-3-4-16-8(7-15)5-14-12(16)19/h1-2,6,8,17H,3-5,7H2,(H,14,19). The molecule has 1 atom stereocenters. The summed E-state index contributed by atoms with van der Waals surface area (Å²) in [5.41, 5.74) is 0.251. The van der Waals surface area contributed by atoms with Crippen LogP contribution in [0.15, 0.2) is 18.5 Å². The van der Waals surface area contributed by atoms with Gasteiger partial charge < -0.3 is 20.2 Å². The molecule has 0 spiro atoms. The van der Waals surface area contributed by atoms with Crippen LogP contribution in [0.1, 0.15) is 10.4 Å². The van der Waals surface area contributed by atoms with E-state index in [9.17, 15) is 14.7 Å². The molecule has 0 bridgehead atoms. The third kappa shape index (κ3) is 1.96. The molecule has 3 rings (SSSR count). The molecule has 0 saturated carbocycles. The van der Waals surface area contributed by atoms with Crippen molar-refractivity contribution in [2.75, 3.05) is 26.2 Å². The second kappa shape index (κ2) is 4.42. The van der Waals surface area contributed by atoms with Crippen LogP contribution in [-0.4, -0.2) is 64.0 Å². The maximum atomic E-state index is 12.3. The number of urea groups is 1. The van der Waals surface area contributed by atoms with Gasteiger partial charge in [-0.1, -0.05) is 0 Å². The molecular weight excluding hydrogens is 248 g/mol. The number of carbonyl (C=O) groups excluding carboxylic acids is 2. The smallest absolute Gasteiger partial charge is 0.317 e. The van der Waals surface area contributed by atoms with Crippen LogP contribution in [0.3, 0.4) is 0 Å². The fourth-order valence-electron chi connectivity index (χ4n) is 2.53. The van der Waals surface area contributed by atoms with Crippen molar-refractivity contribution in [3.8, 4) is 5.75 Å². The Kier molecular flexibility index (Phi) is 2.73. The van der Waals surface area contributed by atoms with Gasteiger partial charge in [-0.15, -0.1) is 0 Å². The molecule has 1 aromatic heterocycles. The van der Waals surface area contributed by atoms with Crippen LogP contribution < -0.4 is 5.32 Å². The average molecular weight is 262 g/mol. The second-order valence-electron chi connectivity index (χ2n) is 4.68. The van der Waals surface area contributed by atoms with Crippen LogP contribution in [0.4, 0.5) is 4.79 Å². The van der Waals surface area contributed by atoms with E-state index in [-0.39, 0.29) is 29.3 Å². The van der Waals surface area contributed by atoms with Crippen LogP contribution in [0.25, 0.3) is 0 Å². The lowest BCUT2D eigenvalue weighted by Gasteiger charge is -2.36. The van der Waals surface area contributed by atoms with E-state index < -0.39 is 0 Å². The number of carbonyl (C=O) groups is 2. The summed E-state index contributed by atoms with van der Waals surface area (Å²) in [6.45, 7) is 2.04. The van der Waals surface area contributed by atoms with Gasteiger partial charge in [0.05, 0.1) is 17.8 Å². The van der Waals surface area contributed by atoms with Gasteiger partial charge in [0.25, 0.3) is 5.91 Å². The summed E-state index contributed by atoms with van der Waals surface area (Å²) in [6, 6.07) is 1.46. The lowest BCUT2D eigenvalue weighted by molar-refractivity contribution is 0.0614. The predicted octanol–water partition coefficient (Wildman–Crippen LogP) is -0.363. The summed E-state index contributed by atoms with van der Waals surface area (Å²) < 4.78 is 0. The molecule has 2 saturated heterocycles. The summed E-state index contributed by atoms with van der Waals surface area (Å²) in [4.78, 5) is 30.9. The van der Waals surface area contributed by atoms with Gasteiger partial charge in [-0.25, -0.2) is 4.79 Å². The number of amides is 3. The van der Waals surface area contributed by atoms with Crippen molar-refractivity contribution in [1.29, 1.82) is 0 Å². The van der Waals surface area contributed by atoms with Crippen LogP contribution in [0.2, 0.25) is 0 Å². The Morgan fingerprint density at radius 1 is 1.47 bits per heavy atom. The highest BCUT2D eigenvalue weighted by molar-refractivity contribution is 5.96. The SMILES string of the molecule is O=C(c1ccncc1O)N1CCN2C(=O)NCC2C1. The van der Waals surface area contributed by atoms with Gasteiger partial charge in [-0.2, -0.15) is 0 Å². The van der Waals surface area contributed by atoms with Crippen LogP contribution in [0, 0.1) is 0 Å². The average Bonchev–Trinajstić information content (AvgIpc) is 2.80. The summed E-state index contributed by atoms with van der Waals surface area (Å²) in [7, 11) is 0. The Morgan fingerprint density at radius 2 is 2.32 bits per heavy atom. The molecule has 7 heteroatoms. The fraction of sp³-hybridized carbons (Fsp3) is 0.417. The van der Waals surface area contributed by atoms with Crippen molar-refractivity contribution >= 4 is 11.9 Å². The van der Waals surface area contributed by atoms with Crippen LogP contribution in [-0.2, 0) is 0 Å². The fourth-order valence-corrected chi connectivity index (χ4v) is 2.53. The van der Waals surface area contributed by atoms with Crippen LogP contribution in [0.5, 0.6) is 5.75 Å². The third-order valence-electron chi connectivity index (χ3n) is 3.55. The minimum absolute atomic E-state index is 0.0224. The van der Waals surface area contributed by atoms with Crippen molar-refractivity contribution < 1.29 is 14.7 Å². The Bertz CT molecular complexity index is 533. The van der Waals surface area contributed by atoms with Crippen molar-refractivity contribution in [1.82, 2.24) is 20.1 Å². The Balaban J connectivity index is 1.76. The number of hydrogen-bond acceptors (Lipinski definition) is 4. The number of fused-ring (bicyclic) bond motifs is 1. The maximum Gasteiger partial charge on any atom is 0.317 e. The monoisotopic (exact) mass is 262 g/mol. The molecule has 19 heavy (non-hydrogen) atoms. The van der Waals surface area contributed by atoms with Crippen molar-refractivity contribution in [2.45, 2.75) is 6.04 Å². The van der Waals surface area contributed by atoms with Gasteiger partial charge in [-0.3, -0.25) is 9.78 Å². The van der Waals surface area contributed by atoms with E-state index in [4.69, 9.17) is 0 Å². The first-order valence-corrected chi connectivity index (χ1v) is 6.13. The zero-order chi connectivity index (χ0) is 13.4. The van der Waals surface area contributed by atoms with Gasteiger partial charge in [-0.05, 0) is 6.07 Å². The van der Waals surface area contributed by atoms with E-state index in [1.165, 1.54) is 18.5 Å². The Hall–Kier alpha value is -2.31. The van der Waals surface area contributed by atoms with Crippen LogP contribution >= 0.6 is 0 Å². The molecular formula is C12H14N4O3. The highest BCUT2D eigenvalue weighted by Gasteiger charge is 2.37. The number of nitrogens with zero attached hydrogens (tertiary/aromatic N) is 3. The van der Waals surface area contributed by atoms with Gasteiger partial charge in [0.2, 0.25) is 0 Å². The number of piperazine rings is 1. The van der Waals surface area contributed by atoms with Crippen molar-refractivity contribution in [2.24, 2.45) is 0 Å². The van der Waals surface area contributed by atoms with E-state index in [1.807, 2.05) is 0 Å². The molecule has 2 aliphatic heterocycles. The normalized spacial score (nSPS) is 22.1. The molecule has 7 nitrogen and oxygen atoms in total. The first-order chi connectivity index (χ1) is 9.16. The maximum absolute atomic E-state index is 12.3. The number of aromatic hydroxyl groups is 1. The van der Waals surface area contributed by atoms with Gasteiger partial charge >= 0.3 is 6.03 Å². The van der Waals surface area contributed by atoms with Gasteiger partial charge in [0.1, 0.15) is 5.75 Å². The number of aromatic nitrogens is 1. The molecule has 3 heterocycles. The summed E-state index contributed by atoms with van der Waals surface area (Å²) in [5, 5.41) is 12.4. The van der Waals surface area contributed by atoms with Gasteiger partial charge in [0, 0.05) is 32.4 Å². The second-order valence-corrected chi connectivity index (χ2v) is 4.68. The minimum atomic E-state index is -0.223. The van der Waals surface area contributed by atoms with E-state index in [0.717, 1.165) is 0 Å². The van der Waals surface area contributed by atoms with E-state index in [2.05, 4.69) is 10.3 Å². The third-order valence-corrected chi connectivity index (χ3v) is 3.55. The highest BCUT2D eigenvalue weighted by atomic mass is 16.3. The lowest BCUT2D eigenvalue weighted by Crippen LogP contribution is -2.53. The zero-order valence-corrected chi connectivity index (χ0v) is 10.2. The van der Waals surface area contributed by atoms with Gasteiger partial charge in [0.15, 0.2) is 0 Å². The topological polar surface area (TPSA) is 85.8 Å². The first-order valence-electron chi connectivity index (χ1n) is 6.13. The lowest BCUT2D eigenvalue weighted by atomic mass is 10.1. The molecule has 2 aliphatic rings. The zero-order valence-electron chi connectivity index (χ0n) is 10.2. The summed E-state index contributed by atoms with van der Waals surface area (Å²) >= 11 is 0. The molecule has 2 fully saturated rings. The highest BCUT2D eigenvalue weighted by Crippen LogP contribution is 2.20. The van der Waals surface area contributed by atoms with Crippen molar-refractivity contribution in [3.05, 3.63) is 24.0 Å². The number of nitrogens with one attached hydrogen (secondary N) is 1. The molecule has 1 aromatic rings. The Labute approximate surface area is 109 Å². The molecule has 100 valence electrons. The van der Waals surface area contributed by atoms with E-state index in [0.29, 0.717) is 26.2 Å². The Morgan fingerprint density at radius 3 is 3.11 bits per heavy atom. The van der Waals surface area contributed by atoms with Crippen molar-refractivity contribution in [3.63, 3.8) is 0 Å². The number of rotatable bonds is 1. The van der Waals surface area contributed by atoms with E-state index >= 15 is 0 Å². The minimum Gasteiger partial charge on any atom is -0.505 e. The molecule has 3 amide bonds. The first kappa shape index (κ1) is 11.8. The molecule has 0 aromatic carbocycles. The molecule has 1 unspecified atom stereocenters. The van der Waals surface area contributed by atoms with E-state index in [1.54, 1.807) is 9.80 Å². The number of hydrogen-bond donors (Lipinski definition) is 2. The quantitative estimate of drug-likeness (QED) is 0.723. The molecule has 2 N–H and O–H groups in total.